The van der Waals surface area contributed by atoms with Crippen LogP contribution in [0, 0.1) is 0 Å². The van der Waals surface area contributed by atoms with Crippen LogP contribution in [-0.2, 0) is 23.7 Å². The second-order valence-corrected chi connectivity index (χ2v) is 11.7. The topological polar surface area (TPSA) is 87.3 Å². The highest BCUT2D eigenvalue weighted by atomic mass is 33.1. The van der Waals surface area contributed by atoms with E-state index >= 15 is 0 Å². The quantitative estimate of drug-likeness (QED) is 0.117. The van der Waals surface area contributed by atoms with Crippen LogP contribution in [0.15, 0.2) is 0 Å². The van der Waals surface area contributed by atoms with Gasteiger partial charge in [0.2, 0.25) is 0 Å². The molecule has 0 aliphatic carbocycles. The molecule has 0 aromatic rings. The molecular weight excluding hydrogens is 464 g/mol. The maximum absolute atomic E-state index is 11.8. The van der Waals surface area contributed by atoms with Crippen LogP contribution in [0.4, 0.5) is 4.79 Å². The van der Waals surface area contributed by atoms with Gasteiger partial charge in [0.05, 0.1) is 39.1 Å². The van der Waals surface area contributed by atoms with Crippen LogP contribution < -0.4 is 10.6 Å². The Morgan fingerprint density at radius 2 is 1.52 bits per heavy atom. The van der Waals surface area contributed by atoms with E-state index in [9.17, 15) is 4.79 Å². The molecule has 33 heavy (non-hydrogen) atoms. The molecule has 0 rings (SSSR count). The average molecular weight is 513 g/mol. The van der Waals surface area contributed by atoms with E-state index in [1.807, 2.05) is 13.8 Å². The molecule has 0 saturated carbocycles. The fourth-order valence-corrected chi connectivity index (χ4v) is 4.63. The minimum atomic E-state index is -0.409. The number of hydrogen-bond acceptors (Lipinski definition) is 9. The van der Waals surface area contributed by atoms with Crippen molar-refractivity contribution >= 4 is 27.7 Å². The fraction of sp³-hybridized carbons (Fsp3) is 0.957. The summed E-state index contributed by atoms with van der Waals surface area (Å²) in [6, 6.07) is 0.467. The SMILES string of the molecule is CC(C)NCCOCCOCCNC(=O)OCCC(C)(C)SSCOCCCCOC(C)C. The Bertz CT molecular complexity index is 457. The van der Waals surface area contributed by atoms with E-state index in [2.05, 4.69) is 38.3 Å². The predicted molar refractivity (Wildman–Crippen MR) is 139 cm³/mol. The molecule has 0 bridgehead atoms. The zero-order valence-electron chi connectivity index (χ0n) is 21.6. The Kier molecular flexibility index (Phi) is 22.1. The first-order chi connectivity index (χ1) is 15.7. The third-order valence-electron chi connectivity index (χ3n) is 4.17. The first kappa shape index (κ1) is 32.8. The molecule has 0 heterocycles. The Balaban J connectivity index is 3.47. The third-order valence-corrected chi connectivity index (χ3v) is 7.21. The van der Waals surface area contributed by atoms with Crippen LogP contribution in [0.2, 0.25) is 0 Å². The number of unbranched alkanes of at least 4 members (excludes halogenated alkanes) is 1. The van der Waals surface area contributed by atoms with E-state index in [1.54, 1.807) is 21.6 Å². The average Bonchev–Trinajstić information content (AvgIpc) is 2.73. The number of rotatable bonds is 23. The molecule has 0 spiro atoms. The molecule has 0 aromatic heterocycles. The lowest BCUT2D eigenvalue weighted by atomic mass is 10.1. The number of nitrogens with one attached hydrogen (secondary N) is 2. The van der Waals surface area contributed by atoms with Crippen LogP contribution in [0.5, 0.6) is 0 Å². The molecule has 8 nitrogen and oxygen atoms in total. The van der Waals surface area contributed by atoms with Gasteiger partial charge in [-0.05, 0) is 47.0 Å². The molecule has 0 aromatic carbocycles. The number of carbonyl (C=O) groups is 1. The number of hydrogen-bond donors (Lipinski definition) is 2. The van der Waals surface area contributed by atoms with Gasteiger partial charge in [-0.1, -0.05) is 35.4 Å². The molecule has 0 aliphatic rings. The number of carbonyl (C=O) groups excluding carboxylic acids is 1. The summed E-state index contributed by atoms with van der Waals surface area (Å²) < 4.78 is 27.3. The normalized spacial score (nSPS) is 12.0. The summed E-state index contributed by atoms with van der Waals surface area (Å²) in [6.07, 6.45) is 2.69. The van der Waals surface area contributed by atoms with Crippen molar-refractivity contribution in [3.63, 3.8) is 0 Å². The largest absolute Gasteiger partial charge is 0.450 e. The minimum absolute atomic E-state index is 0.00673. The van der Waals surface area contributed by atoms with Crippen molar-refractivity contribution in [2.75, 3.05) is 65.3 Å². The summed E-state index contributed by atoms with van der Waals surface area (Å²) in [5, 5.41) is 5.98. The first-order valence-electron chi connectivity index (χ1n) is 12.0. The lowest BCUT2D eigenvalue weighted by Crippen LogP contribution is -2.30. The molecule has 0 unspecified atom stereocenters. The molecule has 1 amide bonds. The number of ether oxygens (including phenoxy) is 5. The predicted octanol–water partition coefficient (Wildman–Crippen LogP) is 4.47. The minimum Gasteiger partial charge on any atom is -0.450 e. The highest BCUT2D eigenvalue weighted by molar-refractivity contribution is 8.77. The van der Waals surface area contributed by atoms with Crippen molar-refractivity contribution in [3.05, 3.63) is 0 Å². The Hall–Kier alpha value is -0.230. The van der Waals surface area contributed by atoms with Gasteiger partial charge in [-0.15, -0.1) is 0 Å². The fourth-order valence-electron chi connectivity index (χ4n) is 2.35. The van der Waals surface area contributed by atoms with Crippen molar-refractivity contribution in [1.82, 2.24) is 10.6 Å². The van der Waals surface area contributed by atoms with Gasteiger partial charge in [0.25, 0.3) is 0 Å². The molecule has 0 aliphatic heterocycles. The lowest BCUT2D eigenvalue weighted by Gasteiger charge is -2.22. The van der Waals surface area contributed by atoms with Gasteiger partial charge in [-0.2, -0.15) is 0 Å². The summed E-state index contributed by atoms with van der Waals surface area (Å²) in [5.74, 6) is 0.653. The van der Waals surface area contributed by atoms with Crippen molar-refractivity contribution in [2.24, 2.45) is 0 Å². The van der Waals surface area contributed by atoms with Crippen LogP contribution in [-0.4, -0.2) is 88.3 Å². The van der Waals surface area contributed by atoms with Crippen LogP contribution in [0.1, 0.15) is 60.8 Å². The second-order valence-electron chi connectivity index (χ2n) is 8.76. The Morgan fingerprint density at radius 3 is 2.18 bits per heavy atom. The third kappa shape index (κ3) is 26.2. The summed E-state index contributed by atoms with van der Waals surface area (Å²) in [7, 11) is 3.45. The molecule has 0 fully saturated rings. The molecule has 0 radical (unpaired) electrons. The standard InChI is InChI=1S/C23H48N2O6S2/c1-20(2)24-10-15-27-17-18-28-16-11-25-22(26)31-14-9-23(5,6)33-32-19-29-12-7-8-13-30-21(3)4/h20-21,24H,7-19H2,1-6H3,(H,25,26). The van der Waals surface area contributed by atoms with E-state index in [-0.39, 0.29) is 4.75 Å². The molecule has 10 heteroatoms. The van der Waals surface area contributed by atoms with Crippen molar-refractivity contribution in [2.45, 2.75) is 77.7 Å². The van der Waals surface area contributed by atoms with E-state index in [0.717, 1.165) is 39.0 Å². The number of alkyl carbamates (subject to hydrolysis) is 1. The zero-order chi connectivity index (χ0) is 24.8. The number of amides is 1. The summed E-state index contributed by atoms with van der Waals surface area (Å²) in [6.45, 7) is 17.9. The Labute approximate surface area is 209 Å². The van der Waals surface area contributed by atoms with Gasteiger partial charge >= 0.3 is 6.09 Å². The maximum Gasteiger partial charge on any atom is 0.407 e. The highest BCUT2D eigenvalue weighted by Crippen LogP contribution is 2.37. The maximum atomic E-state index is 11.8. The summed E-state index contributed by atoms with van der Waals surface area (Å²) >= 11 is 0. The molecule has 198 valence electrons. The van der Waals surface area contributed by atoms with Crippen LogP contribution in [0.25, 0.3) is 0 Å². The van der Waals surface area contributed by atoms with Crippen molar-refractivity contribution < 1.29 is 28.5 Å². The molecular formula is C23H48N2O6S2. The van der Waals surface area contributed by atoms with E-state index in [4.69, 9.17) is 23.7 Å². The van der Waals surface area contributed by atoms with Gasteiger partial charge in [-0.25, -0.2) is 4.79 Å². The first-order valence-corrected chi connectivity index (χ1v) is 14.3. The second kappa shape index (κ2) is 22.2. The van der Waals surface area contributed by atoms with Gasteiger partial charge in [0.1, 0.15) is 5.94 Å². The van der Waals surface area contributed by atoms with E-state index < -0.39 is 6.09 Å². The highest BCUT2D eigenvalue weighted by Gasteiger charge is 2.19. The van der Waals surface area contributed by atoms with Crippen LogP contribution >= 0.6 is 21.6 Å². The summed E-state index contributed by atoms with van der Waals surface area (Å²) in [5.41, 5.74) is 0. The van der Waals surface area contributed by atoms with Gasteiger partial charge < -0.3 is 34.3 Å². The van der Waals surface area contributed by atoms with Gasteiger partial charge in [0.15, 0.2) is 0 Å². The van der Waals surface area contributed by atoms with Crippen molar-refractivity contribution in [3.8, 4) is 0 Å². The molecule has 2 N–H and O–H groups in total. The van der Waals surface area contributed by atoms with Crippen LogP contribution in [0.3, 0.4) is 0 Å². The van der Waals surface area contributed by atoms with Gasteiger partial charge in [-0.3, -0.25) is 0 Å². The monoisotopic (exact) mass is 512 g/mol. The van der Waals surface area contributed by atoms with Gasteiger partial charge in [0, 0.05) is 37.1 Å². The summed E-state index contributed by atoms with van der Waals surface area (Å²) in [4.78, 5) is 11.8. The van der Waals surface area contributed by atoms with Crippen molar-refractivity contribution in [1.29, 1.82) is 0 Å². The smallest absolute Gasteiger partial charge is 0.407 e. The van der Waals surface area contributed by atoms with E-state index in [1.165, 1.54) is 0 Å². The zero-order valence-corrected chi connectivity index (χ0v) is 23.2. The Morgan fingerprint density at radius 1 is 0.848 bits per heavy atom. The lowest BCUT2D eigenvalue weighted by molar-refractivity contribution is 0.0489. The molecule has 0 saturated heterocycles. The molecule has 0 atom stereocenters. The van der Waals surface area contributed by atoms with E-state index in [0.29, 0.717) is 57.7 Å².